The summed E-state index contributed by atoms with van der Waals surface area (Å²) >= 11 is 0. The largest absolute Gasteiger partial charge is 0.295 e. The summed E-state index contributed by atoms with van der Waals surface area (Å²) in [5.74, 6) is 0.979. The lowest BCUT2D eigenvalue weighted by Gasteiger charge is -2.29. The van der Waals surface area contributed by atoms with Gasteiger partial charge >= 0.3 is 0 Å². The minimum Gasteiger partial charge on any atom is -0.295 e. The molecule has 0 aromatic heterocycles. The van der Waals surface area contributed by atoms with Gasteiger partial charge in [-0.2, -0.15) is 0 Å². The molecule has 1 unspecified atom stereocenters. The van der Waals surface area contributed by atoms with Gasteiger partial charge in [0.1, 0.15) is 0 Å². The molecule has 0 amide bonds. The van der Waals surface area contributed by atoms with E-state index >= 15 is 0 Å². The van der Waals surface area contributed by atoms with Gasteiger partial charge in [0.25, 0.3) is 0 Å². The highest BCUT2D eigenvalue weighted by Gasteiger charge is 2.57. The van der Waals surface area contributed by atoms with Crippen molar-refractivity contribution in [3.8, 4) is 0 Å². The SMILES string of the molecule is CC(C)N1CCCC12C[C@H]2C. The van der Waals surface area contributed by atoms with Gasteiger partial charge in [-0.25, -0.2) is 0 Å². The first-order chi connectivity index (χ1) is 5.17. The monoisotopic (exact) mass is 153 g/mol. The number of hydrogen-bond acceptors (Lipinski definition) is 1. The van der Waals surface area contributed by atoms with E-state index in [-0.39, 0.29) is 0 Å². The summed E-state index contributed by atoms with van der Waals surface area (Å²) in [5.41, 5.74) is 0.675. The molecular formula is C10H19N. The van der Waals surface area contributed by atoms with Crippen molar-refractivity contribution < 1.29 is 0 Å². The highest BCUT2D eigenvalue weighted by atomic mass is 15.3. The van der Waals surface area contributed by atoms with Gasteiger partial charge in [0.15, 0.2) is 0 Å². The van der Waals surface area contributed by atoms with Crippen LogP contribution >= 0.6 is 0 Å². The maximum atomic E-state index is 2.72. The van der Waals surface area contributed by atoms with Gasteiger partial charge in [-0.15, -0.1) is 0 Å². The van der Waals surface area contributed by atoms with Gasteiger partial charge in [0.05, 0.1) is 0 Å². The molecule has 0 N–H and O–H groups in total. The zero-order chi connectivity index (χ0) is 8.06. The molecule has 1 aliphatic carbocycles. The highest BCUT2D eigenvalue weighted by molar-refractivity contribution is 5.13. The van der Waals surface area contributed by atoms with Crippen molar-refractivity contribution in [1.82, 2.24) is 4.90 Å². The second-order valence-corrected chi connectivity index (χ2v) is 4.60. The van der Waals surface area contributed by atoms with E-state index in [9.17, 15) is 0 Å². The van der Waals surface area contributed by atoms with Gasteiger partial charge in [-0.1, -0.05) is 6.92 Å². The van der Waals surface area contributed by atoms with Crippen molar-refractivity contribution >= 4 is 0 Å². The molecule has 1 aliphatic heterocycles. The quantitative estimate of drug-likeness (QED) is 0.558. The van der Waals surface area contributed by atoms with Gasteiger partial charge in [0.2, 0.25) is 0 Å². The van der Waals surface area contributed by atoms with Crippen LogP contribution in [0.25, 0.3) is 0 Å². The first-order valence-corrected chi connectivity index (χ1v) is 4.93. The van der Waals surface area contributed by atoms with Crippen molar-refractivity contribution in [1.29, 1.82) is 0 Å². The predicted molar refractivity (Wildman–Crippen MR) is 47.6 cm³/mol. The molecule has 2 aliphatic rings. The Morgan fingerprint density at radius 3 is 2.45 bits per heavy atom. The summed E-state index contributed by atoms with van der Waals surface area (Å²) in [6, 6.07) is 0.766. The molecule has 2 rings (SSSR count). The minimum absolute atomic E-state index is 0.675. The first-order valence-electron chi connectivity index (χ1n) is 4.93. The topological polar surface area (TPSA) is 3.24 Å². The van der Waals surface area contributed by atoms with Crippen LogP contribution in [0.1, 0.15) is 40.0 Å². The third-order valence-electron chi connectivity index (χ3n) is 3.62. The summed E-state index contributed by atoms with van der Waals surface area (Å²) in [6.45, 7) is 8.42. The van der Waals surface area contributed by atoms with Gasteiger partial charge < -0.3 is 0 Å². The van der Waals surface area contributed by atoms with E-state index in [1.54, 1.807) is 0 Å². The average molecular weight is 153 g/mol. The van der Waals surface area contributed by atoms with Gasteiger partial charge in [-0.05, 0) is 45.6 Å². The molecule has 2 atom stereocenters. The van der Waals surface area contributed by atoms with Gasteiger partial charge in [-0.3, -0.25) is 4.90 Å². The van der Waals surface area contributed by atoms with Crippen molar-refractivity contribution in [2.75, 3.05) is 6.54 Å². The van der Waals surface area contributed by atoms with Crippen LogP contribution in [0.4, 0.5) is 0 Å². The molecule has 0 bridgehead atoms. The number of rotatable bonds is 1. The molecule has 2 fully saturated rings. The third kappa shape index (κ3) is 0.936. The molecule has 0 aromatic rings. The molecule has 11 heavy (non-hydrogen) atoms. The molecule has 1 spiro atoms. The molecule has 0 radical (unpaired) electrons. The van der Waals surface area contributed by atoms with Crippen molar-refractivity contribution in [3.63, 3.8) is 0 Å². The van der Waals surface area contributed by atoms with Crippen LogP contribution in [0, 0.1) is 5.92 Å². The molecular weight excluding hydrogens is 134 g/mol. The Morgan fingerprint density at radius 1 is 1.45 bits per heavy atom. The lowest BCUT2D eigenvalue weighted by molar-refractivity contribution is 0.175. The zero-order valence-corrected chi connectivity index (χ0v) is 7.93. The molecule has 1 nitrogen and oxygen atoms in total. The van der Waals surface area contributed by atoms with E-state index in [2.05, 4.69) is 25.7 Å². The number of nitrogens with zero attached hydrogens (tertiary/aromatic N) is 1. The normalized spacial score (nSPS) is 44.2. The standard InChI is InChI=1S/C10H19N/c1-8(2)11-6-4-5-10(11)7-9(10)3/h8-9H,4-7H2,1-3H3/t9-,10?/m1/s1. The average Bonchev–Trinajstić information content (AvgIpc) is 2.45. The van der Waals surface area contributed by atoms with Crippen LogP contribution in [-0.4, -0.2) is 23.0 Å². The van der Waals surface area contributed by atoms with E-state index in [0.29, 0.717) is 5.54 Å². The Balaban J connectivity index is 2.10. The van der Waals surface area contributed by atoms with Crippen LogP contribution in [0.3, 0.4) is 0 Å². The van der Waals surface area contributed by atoms with Crippen LogP contribution in [0.5, 0.6) is 0 Å². The Labute approximate surface area is 69.8 Å². The Bertz CT molecular complexity index is 164. The Morgan fingerprint density at radius 2 is 2.09 bits per heavy atom. The maximum absolute atomic E-state index is 2.72. The van der Waals surface area contributed by atoms with Crippen LogP contribution in [0.15, 0.2) is 0 Å². The Hall–Kier alpha value is -0.0400. The van der Waals surface area contributed by atoms with Crippen LogP contribution < -0.4 is 0 Å². The van der Waals surface area contributed by atoms with Crippen molar-refractivity contribution in [3.05, 3.63) is 0 Å². The van der Waals surface area contributed by atoms with E-state index < -0.39 is 0 Å². The van der Waals surface area contributed by atoms with Crippen molar-refractivity contribution in [2.45, 2.75) is 51.6 Å². The summed E-state index contributed by atoms with van der Waals surface area (Å²) in [6.07, 6.45) is 4.36. The van der Waals surface area contributed by atoms with E-state index in [4.69, 9.17) is 0 Å². The molecule has 1 saturated heterocycles. The predicted octanol–water partition coefficient (Wildman–Crippen LogP) is 2.27. The van der Waals surface area contributed by atoms with E-state index in [1.165, 1.54) is 25.8 Å². The second-order valence-electron chi connectivity index (χ2n) is 4.60. The lowest BCUT2D eigenvalue weighted by Crippen LogP contribution is -2.38. The highest BCUT2D eigenvalue weighted by Crippen LogP contribution is 2.55. The molecule has 0 aromatic carbocycles. The summed E-state index contributed by atoms with van der Waals surface area (Å²) in [7, 11) is 0. The summed E-state index contributed by atoms with van der Waals surface area (Å²) < 4.78 is 0. The zero-order valence-electron chi connectivity index (χ0n) is 7.93. The third-order valence-corrected chi connectivity index (χ3v) is 3.62. The van der Waals surface area contributed by atoms with E-state index in [0.717, 1.165) is 12.0 Å². The van der Waals surface area contributed by atoms with Crippen LogP contribution in [0.2, 0.25) is 0 Å². The molecule has 1 heteroatoms. The maximum Gasteiger partial charge on any atom is 0.0242 e. The fraction of sp³-hybridized carbons (Fsp3) is 1.00. The van der Waals surface area contributed by atoms with E-state index in [1.807, 2.05) is 0 Å². The lowest BCUT2D eigenvalue weighted by atomic mass is 10.1. The molecule has 1 saturated carbocycles. The van der Waals surface area contributed by atoms with Crippen molar-refractivity contribution in [2.24, 2.45) is 5.92 Å². The van der Waals surface area contributed by atoms with Gasteiger partial charge in [0, 0.05) is 11.6 Å². The number of hydrogen-bond donors (Lipinski definition) is 0. The minimum atomic E-state index is 0.675. The summed E-state index contributed by atoms with van der Waals surface area (Å²) in [5, 5.41) is 0. The second kappa shape index (κ2) is 2.22. The smallest absolute Gasteiger partial charge is 0.0242 e. The fourth-order valence-electron chi connectivity index (χ4n) is 2.91. The first kappa shape index (κ1) is 7.60. The fourth-order valence-corrected chi connectivity index (χ4v) is 2.91. The summed E-state index contributed by atoms with van der Waals surface area (Å²) in [4.78, 5) is 2.72. The Kier molecular flexibility index (Phi) is 1.54. The molecule has 1 heterocycles. The molecule has 64 valence electrons. The number of likely N-dealkylation sites (tertiary alicyclic amines) is 1. The van der Waals surface area contributed by atoms with Crippen LogP contribution in [-0.2, 0) is 0 Å².